The van der Waals surface area contributed by atoms with Crippen LogP contribution in [0.5, 0.6) is 0 Å². The van der Waals surface area contributed by atoms with Crippen LogP contribution in [-0.2, 0) is 30.5 Å². The van der Waals surface area contributed by atoms with Crippen LogP contribution in [0.15, 0.2) is 102 Å². The van der Waals surface area contributed by atoms with Gasteiger partial charge in [0.15, 0.2) is 29.7 Å². The Labute approximate surface area is 417 Å². The van der Waals surface area contributed by atoms with E-state index in [4.69, 9.17) is 33.0 Å². The molecule has 2 aliphatic heterocycles. The van der Waals surface area contributed by atoms with E-state index in [0.717, 1.165) is 33.6 Å². The van der Waals surface area contributed by atoms with Gasteiger partial charge in [0.05, 0.1) is 34.5 Å². The average molecular weight is 989 g/mol. The van der Waals surface area contributed by atoms with E-state index >= 15 is 0 Å². The SMILES string of the molecule is Cc1ncoc1-c1ccc(CNC(=O)[C@@H]2C[C@@H](O)CN2C(=O)[C@@H](NC(=O)COCCCCC(=O)[n+]2ccc(-c3ccc(N4C(=S)N(c5ccc(C#N)c(Cl)c5)C(=O)C4(C)C)cc3)cc2)C(C)(C)C)cc1. The maximum atomic E-state index is 14.0. The molecule has 3 N–H and O–H groups in total. The number of oxazole rings is 1. The van der Waals surface area contributed by atoms with Gasteiger partial charge in [-0.25, -0.2) is 9.78 Å². The minimum absolute atomic E-state index is 0.0465. The van der Waals surface area contributed by atoms with Gasteiger partial charge in [-0.05, 0) is 98.3 Å². The second kappa shape index (κ2) is 21.4. The van der Waals surface area contributed by atoms with E-state index < -0.39 is 46.9 Å². The van der Waals surface area contributed by atoms with Crippen molar-refractivity contribution >= 4 is 69.8 Å². The first kappa shape index (κ1) is 51.0. The van der Waals surface area contributed by atoms with Gasteiger partial charge in [0.1, 0.15) is 30.3 Å². The summed E-state index contributed by atoms with van der Waals surface area (Å²) < 4.78 is 12.6. The third kappa shape index (κ3) is 11.3. The highest BCUT2D eigenvalue weighted by Crippen LogP contribution is 2.38. The Morgan fingerprint density at radius 2 is 1.66 bits per heavy atom. The fraction of sp³-hybridized carbons (Fsp3) is 0.365. The number of likely N-dealkylation sites (tertiary alicyclic amines) is 1. The summed E-state index contributed by atoms with van der Waals surface area (Å²) in [7, 11) is 0. The lowest BCUT2D eigenvalue weighted by Crippen LogP contribution is -2.58. The number of anilines is 2. The number of nitrogens with one attached hydrogen (secondary N) is 2. The predicted molar refractivity (Wildman–Crippen MR) is 266 cm³/mol. The van der Waals surface area contributed by atoms with E-state index in [1.165, 1.54) is 20.8 Å². The van der Waals surface area contributed by atoms with Crippen molar-refractivity contribution in [1.82, 2.24) is 20.5 Å². The summed E-state index contributed by atoms with van der Waals surface area (Å²) in [6.45, 7) is 10.9. The Balaban J connectivity index is 0.847. The van der Waals surface area contributed by atoms with Gasteiger partial charge < -0.3 is 34.7 Å². The number of β-amino-alcohol motifs (C(OH)–C–C–N with tert-alkyl or cyclic N) is 1. The van der Waals surface area contributed by atoms with Crippen molar-refractivity contribution in [3.8, 4) is 28.5 Å². The lowest BCUT2D eigenvalue weighted by atomic mass is 9.85. The van der Waals surface area contributed by atoms with Gasteiger partial charge in [0, 0.05) is 49.5 Å². The summed E-state index contributed by atoms with van der Waals surface area (Å²) >= 11 is 12.1. The summed E-state index contributed by atoms with van der Waals surface area (Å²) in [5.41, 5.74) is 3.99. The third-order valence-electron chi connectivity index (χ3n) is 12.4. The molecule has 5 aromatic rings. The van der Waals surface area contributed by atoms with Crippen LogP contribution in [0.25, 0.3) is 22.5 Å². The zero-order valence-corrected chi connectivity index (χ0v) is 41.5. The largest absolute Gasteiger partial charge is 0.443 e. The summed E-state index contributed by atoms with van der Waals surface area (Å²) in [5.74, 6) is -1.06. The van der Waals surface area contributed by atoms with Crippen molar-refractivity contribution < 1.29 is 42.8 Å². The molecule has 16 nitrogen and oxygen atoms in total. The molecule has 4 heterocycles. The molecule has 3 atom stereocenters. The molecule has 7 rings (SSSR count). The van der Waals surface area contributed by atoms with Crippen molar-refractivity contribution in [2.45, 2.75) is 97.5 Å². The monoisotopic (exact) mass is 987 g/mol. The van der Waals surface area contributed by atoms with E-state index in [9.17, 15) is 34.3 Å². The third-order valence-corrected chi connectivity index (χ3v) is 13.1. The van der Waals surface area contributed by atoms with Crippen molar-refractivity contribution in [2.75, 3.05) is 29.6 Å². The number of benzene rings is 3. The molecule has 4 amide bonds. The number of unbranched alkanes of at least 4 members (excludes halogenated alkanes) is 1. The first-order valence-corrected chi connectivity index (χ1v) is 23.7. The number of aliphatic hydroxyl groups is 1. The number of thiocarbonyl (C=S) groups is 1. The summed E-state index contributed by atoms with van der Waals surface area (Å²) in [5, 5.41) is 26.1. The Kier molecular flexibility index (Phi) is 15.6. The van der Waals surface area contributed by atoms with Crippen LogP contribution in [0, 0.1) is 23.7 Å². The summed E-state index contributed by atoms with van der Waals surface area (Å²) in [6.07, 6.45) is 5.24. The van der Waals surface area contributed by atoms with E-state index in [0.29, 0.717) is 29.9 Å². The molecule has 2 saturated heterocycles. The van der Waals surface area contributed by atoms with Crippen molar-refractivity contribution in [3.05, 3.63) is 119 Å². The highest BCUT2D eigenvalue weighted by atomic mass is 35.5. The minimum atomic E-state index is -1.00. The number of aliphatic hydroxyl groups excluding tert-OH is 1. The van der Waals surface area contributed by atoms with Gasteiger partial charge in [-0.15, -0.1) is 4.57 Å². The summed E-state index contributed by atoms with van der Waals surface area (Å²) in [4.78, 5) is 75.9. The standard InChI is InChI=1S/C52H55ClN8O8S/c1-32-45(69-31-56-32)36-12-10-33(11-13-36)28-55-47(65)42-26-40(62)29-59(42)48(66)46(51(2,3)4)57-43(63)30-68-24-8-7-9-44(64)58-22-20-35(21-23-58)34-14-17-38(18-15-34)61-50(70)60(49(67)52(61,5)6)39-19-16-37(27-54)41(53)25-39/h10-23,25,31,40,42,46,62H,7-9,24,26,28-30H2,1-6H3,(H-,55,57,63,65)/p+1/t40-,42+,46-/m1/s1. The maximum absolute atomic E-state index is 14.0. The molecule has 2 aliphatic rings. The first-order chi connectivity index (χ1) is 33.3. The van der Waals surface area contributed by atoms with E-state index in [1.54, 1.807) is 49.3 Å². The first-order valence-electron chi connectivity index (χ1n) is 22.9. The van der Waals surface area contributed by atoms with Gasteiger partial charge in [0.25, 0.3) is 5.91 Å². The van der Waals surface area contributed by atoms with Gasteiger partial charge in [-0.2, -0.15) is 5.26 Å². The molecule has 70 heavy (non-hydrogen) atoms. The topological polar surface area (TPSA) is 202 Å². The molecule has 364 valence electrons. The zero-order chi connectivity index (χ0) is 50.5. The van der Waals surface area contributed by atoms with Gasteiger partial charge >= 0.3 is 5.91 Å². The molecule has 0 spiro atoms. The second-order valence-corrected chi connectivity index (χ2v) is 19.8. The molecule has 0 radical (unpaired) electrons. The molecule has 18 heteroatoms. The molecule has 0 aliphatic carbocycles. The zero-order valence-electron chi connectivity index (χ0n) is 39.9. The average Bonchev–Trinajstić information content (AvgIpc) is 4.00. The quantitative estimate of drug-likeness (QED) is 0.0539. The van der Waals surface area contributed by atoms with Crippen LogP contribution in [0.2, 0.25) is 5.02 Å². The Bertz CT molecular complexity index is 2820. The molecule has 2 aromatic heterocycles. The number of pyridine rings is 1. The lowest BCUT2D eigenvalue weighted by molar-refractivity contribution is -0.574. The normalized spacial score (nSPS) is 17.1. The van der Waals surface area contributed by atoms with Gasteiger partial charge in [0.2, 0.25) is 17.7 Å². The fourth-order valence-corrected chi connectivity index (χ4v) is 9.27. The number of rotatable bonds is 16. The van der Waals surface area contributed by atoms with E-state index in [2.05, 4.69) is 15.6 Å². The number of hydrogen-bond acceptors (Lipinski definition) is 11. The molecular formula is C52H56ClN8O8S+. The Morgan fingerprint density at radius 1 is 1.00 bits per heavy atom. The van der Waals surface area contributed by atoms with Crippen LogP contribution in [0.3, 0.4) is 0 Å². The highest BCUT2D eigenvalue weighted by Gasteiger charge is 2.50. The van der Waals surface area contributed by atoms with Gasteiger partial charge in [-0.3, -0.25) is 24.1 Å². The number of aromatic nitrogens is 2. The number of ether oxygens (including phenoxy) is 1. The summed E-state index contributed by atoms with van der Waals surface area (Å²) in [6, 6.07) is 23.7. The van der Waals surface area contributed by atoms with Crippen molar-refractivity contribution in [1.29, 1.82) is 5.26 Å². The van der Waals surface area contributed by atoms with Crippen LogP contribution >= 0.6 is 23.8 Å². The number of carbonyl (C=O) groups excluding carboxylic acids is 5. The fourth-order valence-electron chi connectivity index (χ4n) is 8.54. The van der Waals surface area contributed by atoms with Crippen LogP contribution in [-0.4, -0.2) is 93.1 Å². The molecule has 0 saturated carbocycles. The number of halogens is 1. The van der Waals surface area contributed by atoms with Crippen LogP contribution in [0.4, 0.5) is 11.4 Å². The molecule has 0 bridgehead atoms. The number of hydrogen-bond donors (Lipinski definition) is 3. The second-order valence-electron chi connectivity index (χ2n) is 19.0. The number of aryl methyl sites for hydroxylation is 1. The lowest BCUT2D eigenvalue weighted by Gasteiger charge is -2.35. The number of carbonyl (C=O) groups is 5. The smallest absolute Gasteiger partial charge is 0.392 e. The van der Waals surface area contributed by atoms with Gasteiger partial charge in [-0.1, -0.05) is 68.8 Å². The molecule has 0 unspecified atom stereocenters. The Morgan fingerprint density at radius 3 is 2.29 bits per heavy atom. The van der Waals surface area contributed by atoms with Crippen LogP contribution < -0.4 is 25.0 Å². The number of amides is 4. The number of nitriles is 1. The maximum Gasteiger partial charge on any atom is 0.392 e. The van der Waals surface area contributed by atoms with E-state index in [1.807, 2.05) is 94.4 Å². The predicted octanol–water partition coefficient (Wildman–Crippen LogP) is 6.68. The van der Waals surface area contributed by atoms with Crippen LogP contribution in [0.1, 0.15) is 81.9 Å². The Hall–Kier alpha value is -6.84. The number of nitrogens with zero attached hydrogens (tertiary/aromatic N) is 6. The molecule has 3 aromatic carbocycles. The van der Waals surface area contributed by atoms with Crippen molar-refractivity contribution in [2.24, 2.45) is 5.41 Å². The minimum Gasteiger partial charge on any atom is -0.443 e. The van der Waals surface area contributed by atoms with E-state index in [-0.39, 0.29) is 61.1 Å². The van der Waals surface area contributed by atoms with Crippen molar-refractivity contribution in [3.63, 3.8) is 0 Å². The molecular weight excluding hydrogens is 932 g/mol. The molecule has 2 fully saturated rings. The highest BCUT2D eigenvalue weighted by molar-refractivity contribution is 7.81.